The number of ether oxygens (including phenoxy) is 3. The highest BCUT2D eigenvalue weighted by Crippen LogP contribution is 2.15. The van der Waals surface area contributed by atoms with Gasteiger partial charge in [0, 0.05) is 13.0 Å². The van der Waals surface area contributed by atoms with Crippen LogP contribution in [0.1, 0.15) is 187 Å². The Bertz CT molecular complexity index is 878. The minimum absolute atomic E-state index is 0.186. The smallest absolute Gasteiger partial charge is 0.462 e. The molecule has 0 saturated heterocycles. The predicted octanol–water partition coefficient (Wildman–Crippen LogP) is 13.4. The molecule has 6 nitrogen and oxygen atoms in total. The molecule has 0 aliphatic heterocycles. The average molecular weight is 716 g/mol. The molecule has 0 N–H and O–H groups in total. The summed E-state index contributed by atoms with van der Waals surface area (Å²) in [7, 11) is 3.90. The summed E-state index contributed by atoms with van der Waals surface area (Å²) in [5.74, 6) is -0.186. The number of unbranched alkanes of at least 4 members (excludes halogenated alkanes) is 18. The van der Waals surface area contributed by atoms with Gasteiger partial charge in [-0.25, -0.2) is 4.79 Å². The molecule has 1 atom stereocenters. The Labute approximate surface area is 315 Å². The van der Waals surface area contributed by atoms with Crippen molar-refractivity contribution < 1.29 is 23.8 Å². The first kappa shape index (κ1) is 48.7. The Morgan fingerprint density at radius 2 is 0.941 bits per heavy atom. The van der Waals surface area contributed by atoms with E-state index in [1.165, 1.54) is 96.3 Å². The highest BCUT2D eigenvalue weighted by Gasteiger charge is 2.16. The van der Waals surface area contributed by atoms with Gasteiger partial charge in [0.25, 0.3) is 0 Å². The zero-order valence-corrected chi connectivity index (χ0v) is 33.9. The number of hydrogen-bond donors (Lipinski definition) is 0. The second-order valence-corrected chi connectivity index (χ2v) is 14.4. The minimum atomic E-state index is -0.621. The molecule has 6 heteroatoms. The standard InChI is InChI=1S/C45H81NO5/c1-5-7-9-11-13-15-17-19-21-23-25-27-29-31-33-35-37-43(51-44(47)38-40-46(3)4)39-42-50-45(48)49-41-36-34-32-30-28-26-24-22-20-18-16-14-12-10-8-6-2/h13-16,19-22,43H,5-12,17-18,23-42H2,1-4H3/b15-13-,16-14-,21-19-,22-20-. The van der Waals surface area contributed by atoms with Crippen LogP contribution in [-0.2, 0) is 19.0 Å². The van der Waals surface area contributed by atoms with Crippen molar-refractivity contribution in [3.63, 3.8) is 0 Å². The SMILES string of the molecule is CCCCC/C=C\C/C=C\CCCCCCCCOC(=O)OCCC(CCCCCCCC/C=C\C/C=C\CCCCC)OC(=O)CCN(C)C. The van der Waals surface area contributed by atoms with E-state index in [2.05, 4.69) is 62.5 Å². The van der Waals surface area contributed by atoms with Gasteiger partial charge in [-0.15, -0.1) is 0 Å². The van der Waals surface area contributed by atoms with Gasteiger partial charge in [-0.1, -0.05) is 140 Å². The number of esters is 1. The summed E-state index contributed by atoms with van der Waals surface area (Å²) in [5, 5.41) is 0. The summed E-state index contributed by atoms with van der Waals surface area (Å²) < 4.78 is 16.4. The van der Waals surface area contributed by atoms with E-state index in [9.17, 15) is 9.59 Å². The monoisotopic (exact) mass is 716 g/mol. The molecule has 0 aliphatic carbocycles. The van der Waals surface area contributed by atoms with Crippen LogP contribution in [0.25, 0.3) is 0 Å². The Morgan fingerprint density at radius 1 is 0.510 bits per heavy atom. The lowest BCUT2D eigenvalue weighted by molar-refractivity contribution is -0.150. The van der Waals surface area contributed by atoms with Crippen molar-refractivity contribution in [3.05, 3.63) is 48.6 Å². The summed E-state index contributed by atoms with van der Waals surface area (Å²) in [6.45, 7) is 5.75. The summed E-state index contributed by atoms with van der Waals surface area (Å²) in [6.07, 6.45) is 47.8. The van der Waals surface area contributed by atoms with Gasteiger partial charge < -0.3 is 19.1 Å². The molecule has 296 valence electrons. The van der Waals surface area contributed by atoms with E-state index in [0.717, 1.165) is 64.2 Å². The van der Waals surface area contributed by atoms with Crippen molar-refractivity contribution in [1.29, 1.82) is 0 Å². The lowest BCUT2D eigenvalue weighted by Gasteiger charge is -2.19. The number of allylic oxidation sites excluding steroid dienone is 8. The molecule has 0 spiro atoms. The number of rotatable bonds is 37. The lowest BCUT2D eigenvalue weighted by Crippen LogP contribution is -2.24. The van der Waals surface area contributed by atoms with Gasteiger partial charge in [0.15, 0.2) is 0 Å². The fourth-order valence-corrected chi connectivity index (χ4v) is 5.74. The molecule has 1 unspecified atom stereocenters. The Balaban J connectivity index is 3.98. The first-order chi connectivity index (χ1) is 25.0. The number of carbonyl (C=O) groups excluding carboxylic acids is 2. The normalized spacial score (nSPS) is 12.6. The zero-order chi connectivity index (χ0) is 37.3. The summed E-state index contributed by atoms with van der Waals surface area (Å²) in [5.41, 5.74) is 0. The molecule has 0 aliphatic rings. The fraction of sp³-hybridized carbons (Fsp3) is 0.778. The molecule has 0 fully saturated rings. The quantitative estimate of drug-likeness (QED) is 0.0362. The molecule has 0 rings (SSSR count). The van der Waals surface area contributed by atoms with E-state index in [0.29, 0.717) is 26.0 Å². The molecule has 0 radical (unpaired) electrons. The molecular formula is C45H81NO5. The van der Waals surface area contributed by atoms with Crippen molar-refractivity contribution >= 4 is 12.1 Å². The van der Waals surface area contributed by atoms with Crippen LogP contribution < -0.4 is 0 Å². The van der Waals surface area contributed by atoms with E-state index in [4.69, 9.17) is 14.2 Å². The van der Waals surface area contributed by atoms with Crippen molar-refractivity contribution in [2.45, 2.75) is 193 Å². The van der Waals surface area contributed by atoms with Crippen LogP contribution >= 0.6 is 0 Å². The molecule has 0 aromatic rings. The van der Waals surface area contributed by atoms with Gasteiger partial charge in [0.2, 0.25) is 0 Å². The third-order valence-corrected chi connectivity index (χ3v) is 9.01. The molecule has 51 heavy (non-hydrogen) atoms. The van der Waals surface area contributed by atoms with Crippen LogP contribution in [0.5, 0.6) is 0 Å². The average Bonchev–Trinajstić information content (AvgIpc) is 3.11. The maximum Gasteiger partial charge on any atom is 0.508 e. The molecule has 0 bridgehead atoms. The lowest BCUT2D eigenvalue weighted by atomic mass is 10.0. The summed E-state index contributed by atoms with van der Waals surface area (Å²) in [4.78, 5) is 26.5. The second kappa shape index (κ2) is 40.4. The minimum Gasteiger partial charge on any atom is -0.462 e. The van der Waals surface area contributed by atoms with E-state index >= 15 is 0 Å². The first-order valence-corrected chi connectivity index (χ1v) is 21.2. The molecule has 0 heterocycles. The van der Waals surface area contributed by atoms with Crippen molar-refractivity contribution in [2.24, 2.45) is 0 Å². The Kier molecular flexibility index (Phi) is 38.6. The third kappa shape index (κ3) is 40.3. The fourth-order valence-electron chi connectivity index (χ4n) is 5.74. The maximum atomic E-state index is 12.4. The zero-order valence-electron chi connectivity index (χ0n) is 33.9. The highest BCUT2D eigenvalue weighted by atomic mass is 16.7. The van der Waals surface area contributed by atoms with Crippen LogP contribution in [0.2, 0.25) is 0 Å². The van der Waals surface area contributed by atoms with E-state index in [-0.39, 0.29) is 18.7 Å². The van der Waals surface area contributed by atoms with Crippen LogP contribution in [0.3, 0.4) is 0 Å². The number of hydrogen-bond acceptors (Lipinski definition) is 6. The van der Waals surface area contributed by atoms with Gasteiger partial charge in [-0.2, -0.15) is 0 Å². The molecule has 0 aromatic carbocycles. The van der Waals surface area contributed by atoms with E-state index in [1.807, 2.05) is 19.0 Å². The topological polar surface area (TPSA) is 65.1 Å². The van der Waals surface area contributed by atoms with Crippen molar-refractivity contribution in [2.75, 3.05) is 33.9 Å². The van der Waals surface area contributed by atoms with Gasteiger partial charge in [0.05, 0.1) is 19.6 Å². The number of nitrogens with zero attached hydrogens (tertiary/aromatic N) is 1. The summed E-state index contributed by atoms with van der Waals surface area (Å²) in [6, 6.07) is 0. The molecular weight excluding hydrogens is 634 g/mol. The number of carbonyl (C=O) groups is 2. The van der Waals surface area contributed by atoms with Crippen molar-refractivity contribution in [3.8, 4) is 0 Å². The van der Waals surface area contributed by atoms with Gasteiger partial charge in [-0.05, 0) is 97.6 Å². The third-order valence-electron chi connectivity index (χ3n) is 9.01. The molecule has 0 saturated carbocycles. The van der Waals surface area contributed by atoms with E-state index < -0.39 is 6.16 Å². The van der Waals surface area contributed by atoms with Crippen molar-refractivity contribution in [1.82, 2.24) is 4.90 Å². The second-order valence-electron chi connectivity index (χ2n) is 14.4. The molecule has 0 aromatic heterocycles. The summed E-state index contributed by atoms with van der Waals surface area (Å²) >= 11 is 0. The van der Waals surface area contributed by atoms with Crippen LogP contribution in [0, 0.1) is 0 Å². The maximum absolute atomic E-state index is 12.4. The van der Waals surface area contributed by atoms with E-state index in [1.54, 1.807) is 0 Å². The van der Waals surface area contributed by atoms with Crippen LogP contribution in [0.15, 0.2) is 48.6 Å². The van der Waals surface area contributed by atoms with Gasteiger partial charge >= 0.3 is 12.1 Å². The predicted molar refractivity (Wildman–Crippen MR) is 218 cm³/mol. The molecule has 0 amide bonds. The van der Waals surface area contributed by atoms with Crippen LogP contribution in [-0.4, -0.2) is 57.0 Å². The largest absolute Gasteiger partial charge is 0.508 e. The van der Waals surface area contributed by atoms with Crippen LogP contribution in [0.4, 0.5) is 4.79 Å². The Morgan fingerprint density at radius 3 is 1.43 bits per heavy atom. The highest BCUT2D eigenvalue weighted by molar-refractivity contribution is 5.69. The van der Waals surface area contributed by atoms with Gasteiger partial charge in [0.1, 0.15) is 6.10 Å². The Hall–Kier alpha value is -2.34. The van der Waals surface area contributed by atoms with Gasteiger partial charge in [-0.3, -0.25) is 4.79 Å². The first-order valence-electron chi connectivity index (χ1n) is 21.2.